The molecule has 0 unspecified atom stereocenters. The van der Waals surface area contributed by atoms with Crippen LogP contribution in [0.5, 0.6) is 0 Å². The van der Waals surface area contributed by atoms with Crippen LogP contribution in [0.2, 0.25) is 0 Å². The first-order chi connectivity index (χ1) is 5.70. The molecule has 12 heavy (non-hydrogen) atoms. The van der Waals surface area contributed by atoms with Crippen LogP contribution < -0.4 is 5.43 Å². The van der Waals surface area contributed by atoms with Crippen molar-refractivity contribution in [1.29, 1.82) is 0 Å². The molecule has 0 aromatic carbocycles. The second-order valence-corrected chi connectivity index (χ2v) is 2.12. The molecule has 3 nitrogen and oxygen atoms in total. The van der Waals surface area contributed by atoms with Gasteiger partial charge in [-0.3, -0.25) is 0 Å². The van der Waals surface area contributed by atoms with Crippen LogP contribution in [0.1, 0.15) is 27.2 Å². The molecule has 0 spiro atoms. The summed E-state index contributed by atoms with van der Waals surface area (Å²) in [5, 5.41) is 1.85. The van der Waals surface area contributed by atoms with Crippen LogP contribution in [0.25, 0.3) is 0 Å². The molecule has 0 aliphatic carbocycles. The van der Waals surface area contributed by atoms with Crippen molar-refractivity contribution >= 4 is 5.84 Å². The summed E-state index contributed by atoms with van der Waals surface area (Å²) in [6, 6.07) is 0. The van der Waals surface area contributed by atoms with E-state index < -0.39 is 0 Å². The second kappa shape index (κ2) is 10.2. The standard InChI is InChI=1S/C7H15N3.C2H6/c1-5-7(8-6-2)9-10(3)4;1-2/h6H,2,5H2,1,3-4H3,(H,8,9);1-2H3. The lowest BCUT2D eigenvalue weighted by Gasteiger charge is -2.13. The maximum absolute atomic E-state index is 4.01. The van der Waals surface area contributed by atoms with Crippen LogP contribution in [0.4, 0.5) is 0 Å². The second-order valence-electron chi connectivity index (χ2n) is 2.12. The third-order valence-corrected chi connectivity index (χ3v) is 0.935. The number of nitrogens with one attached hydrogen (secondary N) is 1. The molecule has 3 heteroatoms. The summed E-state index contributed by atoms with van der Waals surface area (Å²) in [6.07, 6.45) is 2.43. The first-order valence-electron chi connectivity index (χ1n) is 4.32. The molecular formula is C9H21N3. The number of nitrogens with zero attached hydrogens (tertiary/aromatic N) is 2. The molecule has 0 bridgehead atoms. The summed E-state index contributed by atoms with van der Waals surface area (Å²) in [7, 11) is 3.85. The predicted octanol–water partition coefficient (Wildman–Crippen LogP) is 2.03. The molecule has 1 N–H and O–H groups in total. The first-order valence-corrected chi connectivity index (χ1v) is 4.32. The number of amidine groups is 1. The summed E-state index contributed by atoms with van der Waals surface area (Å²) in [4.78, 5) is 4.01. The highest BCUT2D eigenvalue weighted by Gasteiger charge is 1.92. The molecule has 0 rings (SSSR count). The van der Waals surface area contributed by atoms with E-state index in [1.165, 1.54) is 6.20 Å². The lowest BCUT2D eigenvalue weighted by atomic mass is 10.4. The molecule has 0 atom stereocenters. The highest BCUT2D eigenvalue weighted by Crippen LogP contribution is 1.82. The summed E-state index contributed by atoms with van der Waals surface area (Å²) in [6.45, 7) is 9.55. The van der Waals surface area contributed by atoms with Gasteiger partial charge in [0.05, 0.1) is 0 Å². The maximum atomic E-state index is 4.01. The Morgan fingerprint density at radius 1 is 1.50 bits per heavy atom. The minimum atomic E-state index is 0.893. The van der Waals surface area contributed by atoms with E-state index in [1.807, 2.05) is 39.9 Å². The molecule has 0 aromatic heterocycles. The van der Waals surface area contributed by atoms with Gasteiger partial charge in [-0.2, -0.15) is 0 Å². The Bertz CT molecular complexity index is 128. The molecule has 72 valence electrons. The normalized spacial score (nSPS) is 10.3. The fourth-order valence-electron chi connectivity index (χ4n) is 0.568. The van der Waals surface area contributed by atoms with Gasteiger partial charge >= 0.3 is 0 Å². The number of rotatable bonds is 3. The molecule has 0 amide bonds. The van der Waals surface area contributed by atoms with E-state index >= 15 is 0 Å². The van der Waals surface area contributed by atoms with Gasteiger partial charge in [0, 0.05) is 26.7 Å². The highest BCUT2D eigenvalue weighted by molar-refractivity contribution is 5.81. The molecule has 0 aliphatic rings. The average molecular weight is 171 g/mol. The first kappa shape index (κ1) is 13.7. The van der Waals surface area contributed by atoms with Crippen LogP contribution >= 0.6 is 0 Å². The van der Waals surface area contributed by atoms with E-state index in [9.17, 15) is 0 Å². The molecule has 0 aromatic rings. The van der Waals surface area contributed by atoms with Gasteiger partial charge in [0.15, 0.2) is 0 Å². The van der Waals surface area contributed by atoms with Gasteiger partial charge < -0.3 is 5.43 Å². The minimum absolute atomic E-state index is 0.893. The van der Waals surface area contributed by atoms with Gasteiger partial charge in [0.2, 0.25) is 0 Å². The fraction of sp³-hybridized carbons (Fsp3) is 0.667. The number of hydrazine groups is 1. The summed E-state index contributed by atoms with van der Waals surface area (Å²) < 4.78 is 0. The topological polar surface area (TPSA) is 27.6 Å². The van der Waals surface area contributed by atoms with Crippen molar-refractivity contribution < 1.29 is 0 Å². The Morgan fingerprint density at radius 2 is 2.00 bits per heavy atom. The highest BCUT2D eigenvalue weighted by atomic mass is 15.5. The quantitative estimate of drug-likeness (QED) is 0.400. The zero-order valence-corrected chi connectivity index (χ0v) is 8.89. The Labute approximate surface area is 76.2 Å². The van der Waals surface area contributed by atoms with Crippen molar-refractivity contribution in [1.82, 2.24) is 10.4 Å². The molecule has 0 aliphatic heterocycles. The zero-order valence-electron chi connectivity index (χ0n) is 8.89. The summed E-state index contributed by atoms with van der Waals surface area (Å²) in [5.74, 6) is 0.931. The minimum Gasteiger partial charge on any atom is -0.307 e. The van der Waals surface area contributed by atoms with Gasteiger partial charge in [-0.1, -0.05) is 27.4 Å². The van der Waals surface area contributed by atoms with Crippen LogP contribution in [-0.4, -0.2) is 24.9 Å². The van der Waals surface area contributed by atoms with Crippen LogP contribution in [0.3, 0.4) is 0 Å². The Balaban J connectivity index is 0. The third kappa shape index (κ3) is 9.17. The summed E-state index contributed by atoms with van der Waals surface area (Å²) >= 11 is 0. The molecule has 0 saturated carbocycles. The lowest BCUT2D eigenvalue weighted by Crippen LogP contribution is -2.35. The zero-order chi connectivity index (χ0) is 9.98. The molecule has 0 radical (unpaired) electrons. The van der Waals surface area contributed by atoms with Gasteiger partial charge in [-0.05, 0) is 0 Å². The van der Waals surface area contributed by atoms with Crippen LogP contribution in [0.15, 0.2) is 17.8 Å². The monoisotopic (exact) mass is 171 g/mol. The Kier molecular flexibility index (Phi) is 11.6. The number of aliphatic imine (C=N–C) groups is 1. The lowest BCUT2D eigenvalue weighted by molar-refractivity contribution is 0.359. The Hall–Kier alpha value is -0.830. The van der Waals surface area contributed by atoms with E-state index in [0.717, 1.165) is 12.3 Å². The predicted molar refractivity (Wildman–Crippen MR) is 56.1 cm³/mol. The van der Waals surface area contributed by atoms with Crippen LogP contribution in [0, 0.1) is 0 Å². The number of hydrogen-bond donors (Lipinski definition) is 1. The van der Waals surface area contributed by atoms with Crippen LogP contribution in [-0.2, 0) is 0 Å². The van der Waals surface area contributed by atoms with E-state index in [4.69, 9.17) is 0 Å². The fourth-order valence-corrected chi connectivity index (χ4v) is 0.568. The van der Waals surface area contributed by atoms with Crippen molar-refractivity contribution in [2.24, 2.45) is 4.99 Å². The van der Waals surface area contributed by atoms with Gasteiger partial charge in [-0.15, -0.1) is 0 Å². The van der Waals surface area contributed by atoms with Crippen molar-refractivity contribution in [2.45, 2.75) is 27.2 Å². The largest absolute Gasteiger partial charge is 0.307 e. The number of hydrogen-bond acceptors (Lipinski definition) is 2. The maximum Gasteiger partial charge on any atom is 0.115 e. The van der Waals surface area contributed by atoms with E-state index in [2.05, 4.69) is 17.0 Å². The van der Waals surface area contributed by atoms with Gasteiger partial charge in [-0.25, -0.2) is 10.0 Å². The van der Waals surface area contributed by atoms with Crippen molar-refractivity contribution in [3.63, 3.8) is 0 Å². The molecule has 0 saturated heterocycles. The van der Waals surface area contributed by atoms with Crippen molar-refractivity contribution in [2.75, 3.05) is 14.1 Å². The molecule has 0 heterocycles. The Morgan fingerprint density at radius 3 is 2.25 bits per heavy atom. The molecular weight excluding hydrogens is 150 g/mol. The average Bonchev–Trinajstić information content (AvgIpc) is 2.07. The van der Waals surface area contributed by atoms with Crippen molar-refractivity contribution in [3.05, 3.63) is 12.8 Å². The van der Waals surface area contributed by atoms with E-state index in [-0.39, 0.29) is 0 Å². The van der Waals surface area contributed by atoms with Crippen molar-refractivity contribution in [3.8, 4) is 0 Å². The SMILES string of the molecule is C=CN=C(CC)NN(C)C.CC. The molecule has 0 fully saturated rings. The third-order valence-electron chi connectivity index (χ3n) is 0.935. The van der Waals surface area contributed by atoms with Gasteiger partial charge in [0.1, 0.15) is 5.84 Å². The van der Waals surface area contributed by atoms with E-state index in [1.54, 1.807) is 0 Å². The smallest absolute Gasteiger partial charge is 0.115 e. The summed E-state index contributed by atoms with van der Waals surface area (Å²) in [5.41, 5.74) is 3.04. The van der Waals surface area contributed by atoms with Gasteiger partial charge in [0.25, 0.3) is 0 Å². The van der Waals surface area contributed by atoms with E-state index in [0.29, 0.717) is 0 Å².